The molecule has 0 saturated carbocycles. The molecule has 1 aromatic rings. The zero-order valence-corrected chi connectivity index (χ0v) is 13.6. The molecule has 2 fully saturated rings. The lowest BCUT2D eigenvalue weighted by Gasteiger charge is -2.40. The van der Waals surface area contributed by atoms with Crippen molar-refractivity contribution in [1.29, 1.82) is 0 Å². The standard InChI is InChI=1S/C16H24O8/c1-2-3-6-21-16-9-20-15(11-5-4-10(7-17)22-11)23-14(16)13(19)12(8-18)24-16/h4-5,12-15,17-19H,2-3,6-9H2,1H3/t12-,13-,14+,15-,16+/m0/s1. The Hall–Kier alpha value is -1.00. The summed E-state index contributed by atoms with van der Waals surface area (Å²) in [5, 5.41) is 28.9. The highest BCUT2D eigenvalue weighted by Gasteiger charge is 2.60. The third-order valence-electron chi connectivity index (χ3n) is 4.28. The van der Waals surface area contributed by atoms with E-state index in [4.69, 9.17) is 28.5 Å². The van der Waals surface area contributed by atoms with Gasteiger partial charge in [-0.3, -0.25) is 0 Å². The number of ether oxygens (including phenoxy) is 4. The minimum atomic E-state index is -1.25. The number of aliphatic hydroxyl groups is 3. The van der Waals surface area contributed by atoms with E-state index >= 15 is 0 Å². The summed E-state index contributed by atoms with van der Waals surface area (Å²) in [6, 6.07) is 3.27. The lowest BCUT2D eigenvalue weighted by atomic mass is 10.0. The number of furan rings is 1. The van der Waals surface area contributed by atoms with Crippen LogP contribution in [0.4, 0.5) is 0 Å². The molecule has 3 heterocycles. The van der Waals surface area contributed by atoms with Gasteiger partial charge in [0.2, 0.25) is 12.1 Å². The maximum Gasteiger partial charge on any atom is 0.222 e. The minimum absolute atomic E-state index is 0.0365. The Morgan fingerprint density at radius 3 is 2.83 bits per heavy atom. The van der Waals surface area contributed by atoms with Crippen molar-refractivity contribution in [1.82, 2.24) is 0 Å². The van der Waals surface area contributed by atoms with Gasteiger partial charge in [-0.1, -0.05) is 13.3 Å². The van der Waals surface area contributed by atoms with Crippen molar-refractivity contribution in [2.75, 3.05) is 19.8 Å². The van der Waals surface area contributed by atoms with Crippen LogP contribution in [0.25, 0.3) is 0 Å². The number of hydrogen-bond donors (Lipinski definition) is 3. The highest BCUT2D eigenvalue weighted by molar-refractivity contribution is 5.09. The Balaban J connectivity index is 1.75. The molecule has 1 aromatic heterocycles. The van der Waals surface area contributed by atoms with E-state index in [-0.39, 0.29) is 19.8 Å². The lowest BCUT2D eigenvalue weighted by Crippen LogP contribution is -2.55. The van der Waals surface area contributed by atoms with E-state index in [2.05, 4.69) is 0 Å². The topological polar surface area (TPSA) is 111 Å². The van der Waals surface area contributed by atoms with Gasteiger partial charge in [0, 0.05) is 0 Å². The largest absolute Gasteiger partial charge is 0.458 e. The second-order valence-electron chi connectivity index (χ2n) is 6.01. The molecule has 2 aliphatic rings. The molecule has 0 radical (unpaired) electrons. The molecule has 2 saturated heterocycles. The van der Waals surface area contributed by atoms with E-state index < -0.39 is 30.4 Å². The fraction of sp³-hybridized carbons (Fsp3) is 0.750. The summed E-state index contributed by atoms with van der Waals surface area (Å²) in [5.74, 6) is -0.462. The first-order valence-corrected chi connectivity index (χ1v) is 8.20. The fourth-order valence-corrected chi connectivity index (χ4v) is 2.96. The average molecular weight is 344 g/mol. The molecule has 2 aliphatic heterocycles. The highest BCUT2D eigenvalue weighted by atomic mass is 16.8. The van der Waals surface area contributed by atoms with Gasteiger partial charge in [0.15, 0.2) is 5.76 Å². The van der Waals surface area contributed by atoms with Crippen LogP contribution in [0.15, 0.2) is 16.5 Å². The molecule has 0 spiro atoms. The summed E-state index contributed by atoms with van der Waals surface area (Å²) < 4.78 is 28.5. The third kappa shape index (κ3) is 3.23. The van der Waals surface area contributed by atoms with Gasteiger partial charge in [-0.2, -0.15) is 0 Å². The van der Waals surface area contributed by atoms with Crippen LogP contribution in [0.2, 0.25) is 0 Å². The minimum Gasteiger partial charge on any atom is -0.458 e. The fourth-order valence-electron chi connectivity index (χ4n) is 2.96. The molecule has 3 rings (SSSR count). The summed E-state index contributed by atoms with van der Waals surface area (Å²) in [7, 11) is 0. The number of rotatable bonds is 7. The Kier molecular flexibility index (Phi) is 5.56. The highest BCUT2D eigenvalue weighted by Crippen LogP contribution is 2.42. The maximum absolute atomic E-state index is 10.4. The van der Waals surface area contributed by atoms with Crippen LogP contribution in [0.3, 0.4) is 0 Å². The molecule has 8 heteroatoms. The van der Waals surface area contributed by atoms with Crippen molar-refractivity contribution in [2.24, 2.45) is 0 Å². The van der Waals surface area contributed by atoms with Gasteiger partial charge < -0.3 is 38.7 Å². The third-order valence-corrected chi connectivity index (χ3v) is 4.28. The average Bonchev–Trinajstić information content (AvgIpc) is 3.18. The molecule has 136 valence electrons. The van der Waals surface area contributed by atoms with Crippen LogP contribution in [0, 0.1) is 0 Å². The van der Waals surface area contributed by atoms with E-state index in [1.807, 2.05) is 6.92 Å². The summed E-state index contributed by atoms with van der Waals surface area (Å²) in [4.78, 5) is 0. The first kappa shape index (κ1) is 17.8. The van der Waals surface area contributed by atoms with Gasteiger partial charge in [0.05, 0.1) is 13.2 Å². The first-order chi connectivity index (χ1) is 11.6. The molecule has 24 heavy (non-hydrogen) atoms. The van der Waals surface area contributed by atoms with E-state index in [0.717, 1.165) is 12.8 Å². The Labute approximate surface area is 139 Å². The zero-order chi connectivity index (χ0) is 17.2. The predicted octanol–water partition coefficient (Wildman–Crippen LogP) is 0.451. The number of fused-ring (bicyclic) bond motifs is 1. The van der Waals surface area contributed by atoms with Crippen LogP contribution >= 0.6 is 0 Å². The van der Waals surface area contributed by atoms with Crippen LogP contribution in [0.1, 0.15) is 37.6 Å². The van der Waals surface area contributed by atoms with E-state index in [9.17, 15) is 10.2 Å². The quantitative estimate of drug-likeness (QED) is 0.612. The summed E-state index contributed by atoms with van der Waals surface area (Å²) in [5.41, 5.74) is 0. The Morgan fingerprint density at radius 2 is 2.17 bits per heavy atom. The molecule has 0 aliphatic carbocycles. The van der Waals surface area contributed by atoms with Crippen molar-refractivity contribution >= 4 is 0 Å². The maximum atomic E-state index is 10.4. The molecule has 8 nitrogen and oxygen atoms in total. The van der Waals surface area contributed by atoms with E-state index in [1.54, 1.807) is 12.1 Å². The van der Waals surface area contributed by atoms with Gasteiger partial charge in [0.1, 0.15) is 37.3 Å². The second kappa shape index (κ2) is 7.49. The van der Waals surface area contributed by atoms with Crippen molar-refractivity contribution in [2.45, 2.75) is 56.8 Å². The number of unbranched alkanes of at least 4 members (excludes halogenated alkanes) is 1. The summed E-state index contributed by atoms with van der Waals surface area (Å²) >= 11 is 0. The second-order valence-corrected chi connectivity index (χ2v) is 6.01. The van der Waals surface area contributed by atoms with Crippen molar-refractivity contribution < 1.29 is 38.7 Å². The SMILES string of the molecule is CCCCO[C@@]12CO[C@H](c3ccc(CO)o3)O[C@@H]1[C@@H](O)[C@H](CO)O2. The van der Waals surface area contributed by atoms with E-state index in [0.29, 0.717) is 18.1 Å². The molecular formula is C16H24O8. The molecule has 3 N–H and O–H groups in total. The van der Waals surface area contributed by atoms with Crippen LogP contribution in [-0.4, -0.2) is 59.2 Å². The molecular weight excluding hydrogens is 320 g/mol. The van der Waals surface area contributed by atoms with Gasteiger partial charge in [0.25, 0.3) is 0 Å². The lowest BCUT2D eigenvalue weighted by molar-refractivity contribution is -0.367. The van der Waals surface area contributed by atoms with Crippen molar-refractivity contribution in [3.63, 3.8) is 0 Å². The summed E-state index contributed by atoms with van der Waals surface area (Å²) in [6.45, 7) is 1.94. The Morgan fingerprint density at radius 1 is 1.33 bits per heavy atom. The smallest absolute Gasteiger partial charge is 0.222 e. The molecule has 0 unspecified atom stereocenters. The molecule has 0 amide bonds. The van der Waals surface area contributed by atoms with Gasteiger partial charge in [-0.05, 0) is 18.6 Å². The van der Waals surface area contributed by atoms with Gasteiger partial charge in [-0.15, -0.1) is 0 Å². The Bertz CT molecular complexity index is 532. The van der Waals surface area contributed by atoms with Crippen molar-refractivity contribution in [3.05, 3.63) is 23.7 Å². The normalized spacial score (nSPS) is 36.0. The summed E-state index contributed by atoms with van der Waals surface area (Å²) in [6.07, 6.45) is -1.72. The molecule has 0 aromatic carbocycles. The zero-order valence-electron chi connectivity index (χ0n) is 13.6. The van der Waals surface area contributed by atoms with Crippen LogP contribution < -0.4 is 0 Å². The van der Waals surface area contributed by atoms with Crippen molar-refractivity contribution in [3.8, 4) is 0 Å². The number of aliphatic hydroxyl groups excluding tert-OH is 3. The predicted molar refractivity (Wildman–Crippen MR) is 79.8 cm³/mol. The number of hydrogen-bond acceptors (Lipinski definition) is 8. The first-order valence-electron chi connectivity index (χ1n) is 8.20. The monoisotopic (exact) mass is 344 g/mol. The molecule has 5 atom stereocenters. The van der Waals surface area contributed by atoms with E-state index in [1.165, 1.54) is 0 Å². The van der Waals surface area contributed by atoms with Gasteiger partial charge >= 0.3 is 0 Å². The van der Waals surface area contributed by atoms with Gasteiger partial charge in [-0.25, -0.2) is 0 Å². The van der Waals surface area contributed by atoms with Crippen LogP contribution in [0.5, 0.6) is 0 Å². The molecule has 0 bridgehead atoms. The van der Waals surface area contributed by atoms with Crippen LogP contribution in [-0.2, 0) is 25.6 Å².